The molecule has 32 heavy (non-hydrogen) atoms. The van der Waals surface area contributed by atoms with Crippen LogP contribution in [0.2, 0.25) is 0 Å². The SMILES string of the molecule is Cc1ccc(N2CCN(c3cc(C(C)(C)C)nc4c(-c5ccccc5)cnn34)CC2)cc1. The summed E-state index contributed by atoms with van der Waals surface area (Å²) in [7, 11) is 0. The predicted molar refractivity (Wildman–Crippen MR) is 133 cm³/mol. The van der Waals surface area contributed by atoms with Crippen LogP contribution in [0.1, 0.15) is 32.0 Å². The average molecular weight is 426 g/mol. The fraction of sp³-hybridized carbons (Fsp3) is 0.333. The summed E-state index contributed by atoms with van der Waals surface area (Å²) in [5, 5.41) is 4.78. The Bertz CT molecular complexity index is 1210. The summed E-state index contributed by atoms with van der Waals surface area (Å²) >= 11 is 0. The maximum atomic E-state index is 5.07. The summed E-state index contributed by atoms with van der Waals surface area (Å²) in [6.45, 7) is 12.7. The maximum Gasteiger partial charge on any atom is 0.165 e. The first-order valence-electron chi connectivity index (χ1n) is 11.4. The summed E-state index contributed by atoms with van der Waals surface area (Å²) < 4.78 is 2.03. The molecular formula is C27H31N5. The summed E-state index contributed by atoms with van der Waals surface area (Å²) in [6, 6.07) is 21.5. The van der Waals surface area contributed by atoms with E-state index in [0.717, 1.165) is 54.5 Å². The Hall–Kier alpha value is -3.34. The molecule has 5 heteroatoms. The van der Waals surface area contributed by atoms with Crippen molar-refractivity contribution in [3.05, 3.63) is 78.1 Å². The van der Waals surface area contributed by atoms with Crippen LogP contribution in [0.25, 0.3) is 16.8 Å². The van der Waals surface area contributed by atoms with E-state index in [9.17, 15) is 0 Å². The standard InChI is InChI=1S/C27H31N5/c1-20-10-12-22(13-11-20)30-14-16-31(17-15-30)25-18-24(27(2,3)4)29-26-23(19-28-32(25)26)21-8-6-5-7-9-21/h5-13,18-19H,14-17H2,1-4H3. The molecule has 2 aromatic carbocycles. The van der Waals surface area contributed by atoms with Crippen molar-refractivity contribution in [2.75, 3.05) is 36.0 Å². The van der Waals surface area contributed by atoms with Crippen molar-refractivity contribution in [3.63, 3.8) is 0 Å². The molecule has 1 aliphatic heterocycles. The fourth-order valence-corrected chi connectivity index (χ4v) is 4.33. The van der Waals surface area contributed by atoms with Crippen LogP contribution in [0, 0.1) is 6.92 Å². The number of hydrogen-bond donors (Lipinski definition) is 0. The van der Waals surface area contributed by atoms with Gasteiger partial charge in [-0.3, -0.25) is 0 Å². The molecule has 0 amide bonds. The number of hydrogen-bond acceptors (Lipinski definition) is 4. The van der Waals surface area contributed by atoms with Gasteiger partial charge in [-0.25, -0.2) is 4.98 Å². The van der Waals surface area contributed by atoms with E-state index in [0.29, 0.717) is 0 Å². The lowest BCUT2D eigenvalue weighted by molar-refractivity contribution is 0.565. The highest BCUT2D eigenvalue weighted by molar-refractivity contribution is 5.78. The number of aryl methyl sites for hydroxylation is 1. The second kappa shape index (κ2) is 7.97. The lowest BCUT2D eigenvalue weighted by Gasteiger charge is -2.37. The van der Waals surface area contributed by atoms with Gasteiger partial charge in [-0.1, -0.05) is 68.8 Å². The number of rotatable bonds is 3. The third kappa shape index (κ3) is 3.83. The molecule has 0 aliphatic carbocycles. The summed E-state index contributed by atoms with van der Waals surface area (Å²) in [6.07, 6.45) is 1.95. The first-order chi connectivity index (χ1) is 15.4. The minimum absolute atomic E-state index is 0.0432. The van der Waals surface area contributed by atoms with Crippen LogP contribution < -0.4 is 9.80 Å². The zero-order valence-electron chi connectivity index (χ0n) is 19.4. The van der Waals surface area contributed by atoms with Crippen molar-refractivity contribution < 1.29 is 0 Å². The Kier molecular flexibility index (Phi) is 5.12. The van der Waals surface area contributed by atoms with E-state index in [4.69, 9.17) is 10.1 Å². The van der Waals surface area contributed by atoms with Crippen LogP contribution in [-0.4, -0.2) is 40.8 Å². The van der Waals surface area contributed by atoms with Crippen LogP contribution in [0.4, 0.5) is 11.5 Å². The zero-order valence-corrected chi connectivity index (χ0v) is 19.4. The summed E-state index contributed by atoms with van der Waals surface area (Å²) in [5.74, 6) is 1.13. The molecule has 1 fully saturated rings. The summed E-state index contributed by atoms with van der Waals surface area (Å²) in [5.41, 5.74) is 6.81. The van der Waals surface area contributed by atoms with Crippen LogP contribution in [0.5, 0.6) is 0 Å². The van der Waals surface area contributed by atoms with Gasteiger partial charge >= 0.3 is 0 Å². The fourth-order valence-electron chi connectivity index (χ4n) is 4.33. The zero-order chi connectivity index (χ0) is 22.3. The third-order valence-electron chi connectivity index (χ3n) is 6.31. The van der Waals surface area contributed by atoms with Gasteiger partial charge in [0.05, 0.1) is 11.9 Å². The summed E-state index contributed by atoms with van der Waals surface area (Å²) in [4.78, 5) is 10.00. The Labute approximate surface area is 190 Å². The van der Waals surface area contributed by atoms with Crippen molar-refractivity contribution in [2.24, 2.45) is 0 Å². The lowest BCUT2D eigenvalue weighted by atomic mass is 9.91. The number of fused-ring (bicyclic) bond motifs is 1. The van der Waals surface area contributed by atoms with Gasteiger partial charge in [0.2, 0.25) is 0 Å². The smallest absolute Gasteiger partial charge is 0.165 e. The Morgan fingerprint density at radius 3 is 2.12 bits per heavy atom. The molecule has 0 radical (unpaired) electrons. The molecule has 5 nitrogen and oxygen atoms in total. The second-order valence-electron chi connectivity index (χ2n) is 9.72. The van der Waals surface area contributed by atoms with E-state index in [2.05, 4.69) is 92.1 Å². The van der Waals surface area contributed by atoms with Crippen LogP contribution in [0.15, 0.2) is 66.9 Å². The van der Waals surface area contributed by atoms with Crippen molar-refractivity contribution in [1.82, 2.24) is 14.6 Å². The molecule has 3 heterocycles. The van der Waals surface area contributed by atoms with Gasteiger partial charge in [0, 0.05) is 48.9 Å². The second-order valence-corrected chi connectivity index (χ2v) is 9.72. The minimum Gasteiger partial charge on any atom is -0.368 e. The van der Waals surface area contributed by atoms with E-state index < -0.39 is 0 Å². The highest BCUT2D eigenvalue weighted by atomic mass is 15.4. The molecular weight excluding hydrogens is 394 g/mol. The van der Waals surface area contributed by atoms with Gasteiger partial charge in [0.25, 0.3) is 0 Å². The van der Waals surface area contributed by atoms with Crippen LogP contribution >= 0.6 is 0 Å². The average Bonchev–Trinajstić information content (AvgIpc) is 3.23. The quantitative estimate of drug-likeness (QED) is 0.445. The number of aromatic nitrogens is 3. The van der Waals surface area contributed by atoms with E-state index in [1.54, 1.807) is 0 Å². The topological polar surface area (TPSA) is 36.7 Å². The van der Waals surface area contributed by atoms with Crippen molar-refractivity contribution in [1.29, 1.82) is 0 Å². The molecule has 0 spiro atoms. The monoisotopic (exact) mass is 425 g/mol. The van der Waals surface area contributed by atoms with E-state index in [1.807, 2.05) is 16.8 Å². The maximum absolute atomic E-state index is 5.07. The molecule has 0 atom stereocenters. The Balaban J connectivity index is 1.51. The Morgan fingerprint density at radius 1 is 0.812 bits per heavy atom. The third-order valence-corrected chi connectivity index (χ3v) is 6.31. The van der Waals surface area contributed by atoms with E-state index in [-0.39, 0.29) is 5.41 Å². The molecule has 1 saturated heterocycles. The number of piperazine rings is 1. The number of benzene rings is 2. The minimum atomic E-state index is -0.0432. The van der Waals surface area contributed by atoms with Gasteiger partial charge < -0.3 is 9.80 Å². The van der Waals surface area contributed by atoms with Gasteiger partial charge in [-0.15, -0.1) is 0 Å². The highest BCUT2D eigenvalue weighted by Gasteiger charge is 2.25. The van der Waals surface area contributed by atoms with Crippen LogP contribution in [0.3, 0.4) is 0 Å². The molecule has 1 aliphatic rings. The van der Waals surface area contributed by atoms with E-state index in [1.165, 1.54) is 11.3 Å². The normalized spacial score (nSPS) is 14.9. The molecule has 2 aromatic heterocycles. The van der Waals surface area contributed by atoms with Crippen molar-refractivity contribution in [3.8, 4) is 11.1 Å². The van der Waals surface area contributed by atoms with Gasteiger partial charge in [-0.2, -0.15) is 9.61 Å². The lowest BCUT2D eigenvalue weighted by Crippen LogP contribution is -2.47. The molecule has 0 N–H and O–H groups in total. The molecule has 4 aromatic rings. The van der Waals surface area contributed by atoms with Crippen molar-refractivity contribution >= 4 is 17.2 Å². The molecule has 5 rings (SSSR count). The number of nitrogens with zero attached hydrogens (tertiary/aromatic N) is 5. The van der Waals surface area contributed by atoms with Gasteiger partial charge in [0.15, 0.2) is 5.65 Å². The first-order valence-corrected chi connectivity index (χ1v) is 11.4. The molecule has 0 bridgehead atoms. The number of anilines is 2. The highest BCUT2D eigenvalue weighted by Crippen LogP contribution is 2.31. The van der Waals surface area contributed by atoms with E-state index >= 15 is 0 Å². The molecule has 0 unspecified atom stereocenters. The van der Waals surface area contributed by atoms with Crippen molar-refractivity contribution in [2.45, 2.75) is 33.1 Å². The largest absolute Gasteiger partial charge is 0.368 e. The molecule has 0 saturated carbocycles. The van der Waals surface area contributed by atoms with Gasteiger partial charge in [-0.05, 0) is 24.6 Å². The Morgan fingerprint density at radius 2 is 1.47 bits per heavy atom. The van der Waals surface area contributed by atoms with Gasteiger partial charge in [0.1, 0.15) is 5.82 Å². The molecule has 164 valence electrons. The first kappa shape index (κ1) is 20.6. The predicted octanol–water partition coefficient (Wildman–Crippen LogP) is 5.33. The van der Waals surface area contributed by atoms with Crippen LogP contribution in [-0.2, 0) is 5.41 Å².